The minimum atomic E-state index is -0.836. The first-order valence-electron chi connectivity index (χ1n) is 5.78. The molecular weight excluding hydrogens is 218 g/mol. The number of benzene rings is 1. The van der Waals surface area contributed by atoms with Crippen LogP contribution in [0, 0.1) is 6.92 Å². The summed E-state index contributed by atoms with van der Waals surface area (Å²) in [7, 11) is -0.836. The lowest BCUT2D eigenvalue weighted by molar-refractivity contribution is 0.637. The molecule has 1 rings (SSSR count). The molecule has 0 heterocycles. The fourth-order valence-corrected chi connectivity index (χ4v) is 3.05. The molecule has 0 aliphatic heterocycles. The lowest BCUT2D eigenvalue weighted by Gasteiger charge is -2.10. The average Bonchev–Trinajstić information content (AvgIpc) is 2.17. The van der Waals surface area contributed by atoms with Crippen molar-refractivity contribution in [2.45, 2.75) is 38.5 Å². The maximum atomic E-state index is 11.8. The molecule has 0 aromatic heterocycles. The van der Waals surface area contributed by atoms with Gasteiger partial charge < -0.3 is 5.73 Å². The van der Waals surface area contributed by atoms with Crippen LogP contribution in [0.1, 0.15) is 30.9 Å². The third kappa shape index (κ3) is 4.90. The summed E-state index contributed by atoms with van der Waals surface area (Å²) < 4.78 is 11.8. The molecule has 0 aliphatic carbocycles. The van der Waals surface area contributed by atoms with Gasteiger partial charge in [0, 0.05) is 28.3 Å². The first-order valence-corrected chi connectivity index (χ1v) is 7.26. The normalized spacial score (nSPS) is 14.7. The second-order valence-corrected chi connectivity index (χ2v) is 5.79. The number of nitrogens with two attached hydrogens (primary N) is 1. The quantitative estimate of drug-likeness (QED) is 0.828. The van der Waals surface area contributed by atoms with E-state index in [0.29, 0.717) is 11.5 Å². The predicted molar refractivity (Wildman–Crippen MR) is 70.8 cm³/mol. The van der Waals surface area contributed by atoms with E-state index in [2.05, 4.69) is 26.0 Å². The van der Waals surface area contributed by atoms with E-state index in [1.165, 1.54) is 5.56 Å². The van der Waals surface area contributed by atoms with Crippen molar-refractivity contribution in [2.24, 2.45) is 5.73 Å². The third-order valence-electron chi connectivity index (χ3n) is 2.47. The molecule has 0 aliphatic rings. The number of hydrogen-bond acceptors (Lipinski definition) is 2. The van der Waals surface area contributed by atoms with E-state index in [1.807, 2.05) is 12.1 Å². The van der Waals surface area contributed by atoms with E-state index < -0.39 is 10.8 Å². The van der Waals surface area contributed by atoms with Crippen molar-refractivity contribution in [3.05, 3.63) is 35.4 Å². The highest BCUT2D eigenvalue weighted by atomic mass is 32.2. The van der Waals surface area contributed by atoms with Crippen molar-refractivity contribution < 1.29 is 4.21 Å². The van der Waals surface area contributed by atoms with Crippen LogP contribution in [0.15, 0.2) is 24.3 Å². The molecular formula is C13H21NOS. The van der Waals surface area contributed by atoms with Crippen LogP contribution in [-0.4, -0.2) is 16.0 Å². The Morgan fingerprint density at radius 3 is 2.81 bits per heavy atom. The smallest absolute Gasteiger partial charge is 0.0486 e. The molecule has 2 atom stereocenters. The molecule has 1 aromatic carbocycles. The minimum absolute atomic E-state index is 0.0793. The summed E-state index contributed by atoms with van der Waals surface area (Å²) in [6, 6.07) is 8.25. The topological polar surface area (TPSA) is 43.1 Å². The minimum Gasteiger partial charge on any atom is -0.327 e. The van der Waals surface area contributed by atoms with Gasteiger partial charge in [0.2, 0.25) is 0 Å². The van der Waals surface area contributed by atoms with Crippen LogP contribution < -0.4 is 5.73 Å². The first kappa shape index (κ1) is 13.4. The zero-order chi connectivity index (χ0) is 12.0. The molecule has 16 heavy (non-hydrogen) atoms. The van der Waals surface area contributed by atoms with Gasteiger partial charge in [0.05, 0.1) is 0 Å². The third-order valence-corrected chi connectivity index (χ3v) is 3.92. The molecule has 0 saturated carbocycles. The van der Waals surface area contributed by atoms with Gasteiger partial charge in [-0.2, -0.15) is 0 Å². The van der Waals surface area contributed by atoms with Crippen LogP contribution in [0.2, 0.25) is 0 Å². The molecule has 0 fully saturated rings. The SMILES string of the molecule is CCCC(N)CS(=O)Cc1cccc(C)c1. The Morgan fingerprint density at radius 2 is 2.19 bits per heavy atom. The fourth-order valence-electron chi connectivity index (χ4n) is 1.74. The molecule has 0 spiro atoms. The maximum Gasteiger partial charge on any atom is 0.0486 e. The van der Waals surface area contributed by atoms with Crippen molar-refractivity contribution in [1.82, 2.24) is 0 Å². The molecule has 2 nitrogen and oxygen atoms in total. The maximum absolute atomic E-state index is 11.8. The van der Waals surface area contributed by atoms with Crippen LogP contribution >= 0.6 is 0 Å². The van der Waals surface area contributed by atoms with Crippen LogP contribution in [-0.2, 0) is 16.6 Å². The van der Waals surface area contributed by atoms with Crippen molar-refractivity contribution in [3.63, 3.8) is 0 Å². The lowest BCUT2D eigenvalue weighted by Crippen LogP contribution is -2.27. The Labute approximate surface area is 101 Å². The summed E-state index contributed by atoms with van der Waals surface area (Å²) in [5.74, 6) is 1.24. The predicted octanol–water partition coefficient (Wildman–Crippen LogP) is 2.37. The molecule has 0 bridgehead atoms. The molecule has 2 N–H and O–H groups in total. The second kappa shape index (κ2) is 6.81. The molecule has 2 unspecified atom stereocenters. The Hall–Kier alpha value is -0.670. The number of rotatable bonds is 6. The van der Waals surface area contributed by atoms with Gasteiger partial charge in [-0.1, -0.05) is 43.2 Å². The zero-order valence-electron chi connectivity index (χ0n) is 10.1. The Kier molecular flexibility index (Phi) is 5.71. The summed E-state index contributed by atoms with van der Waals surface area (Å²) in [4.78, 5) is 0. The van der Waals surface area contributed by atoms with E-state index in [-0.39, 0.29) is 6.04 Å². The standard InChI is InChI=1S/C13H21NOS/c1-3-5-13(14)10-16(15)9-12-7-4-6-11(2)8-12/h4,6-8,13H,3,5,9-10,14H2,1-2H3. The number of hydrogen-bond donors (Lipinski definition) is 1. The highest BCUT2D eigenvalue weighted by Gasteiger charge is 2.08. The van der Waals surface area contributed by atoms with Gasteiger partial charge in [-0.3, -0.25) is 4.21 Å². The largest absolute Gasteiger partial charge is 0.327 e. The highest BCUT2D eigenvalue weighted by Crippen LogP contribution is 2.08. The van der Waals surface area contributed by atoms with Crippen LogP contribution in [0.3, 0.4) is 0 Å². The van der Waals surface area contributed by atoms with Crippen LogP contribution in [0.4, 0.5) is 0 Å². The van der Waals surface area contributed by atoms with Gasteiger partial charge in [0.25, 0.3) is 0 Å². The van der Waals surface area contributed by atoms with Gasteiger partial charge in [-0.15, -0.1) is 0 Å². The molecule has 90 valence electrons. The molecule has 0 radical (unpaired) electrons. The van der Waals surface area contributed by atoms with E-state index >= 15 is 0 Å². The van der Waals surface area contributed by atoms with Crippen molar-refractivity contribution >= 4 is 10.8 Å². The van der Waals surface area contributed by atoms with Gasteiger partial charge in [0.15, 0.2) is 0 Å². The van der Waals surface area contributed by atoms with E-state index in [1.54, 1.807) is 0 Å². The second-order valence-electron chi connectivity index (χ2n) is 4.29. The molecule has 0 amide bonds. The molecule has 3 heteroatoms. The van der Waals surface area contributed by atoms with Crippen LogP contribution in [0.5, 0.6) is 0 Å². The monoisotopic (exact) mass is 239 g/mol. The lowest BCUT2D eigenvalue weighted by atomic mass is 10.2. The average molecular weight is 239 g/mol. The van der Waals surface area contributed by atoms with Crippen molar-refractivity contribution in [3.8, 4) is 0 Å². The van der Waals surface area contributed by atoms with E-state index in [4.69, 9.17) is 5.73 Å². The van der Waals surface area contributed by atoms with Crippen molar-refractivity contribution in [1.29, 1.82) is 0 Å². The Balaban J connectivity index is 2.45. The Morgan fingerprint density at radius 1 is 1.44 bits per heavy atom. The van der Waals surface area contributed by atoms with Crippen LogP contribution in [0.25, 0.3) is 0 Å². The van der Waals surface area contributed by atoms with Gasteiger partial charge >= 0.3 is 0 Å². The van der Waals surface area contributed by atoms with E-state index in [9.17, 15) is 4.21 Å². The van der Waals surface area contributed by atoms with Gasteiger partial charge in [0.1, 0.15) is 0 Å². The summed E-state index contributed by atoms with van der Waals surface area (Å²) in [6.45, 7) is 4.15. The van der Waals surface area contributed by atoms with Crippen molar-refractivity contribution in [2.75, 3.05) is 5.75 Å². The summed E-state index contributed by atoms with van der Waals surface area (Å²) in [6.07, 6.45) is 2.02. The Bertz CT molecular complexity index is 352. The van der Waals surface area contributed by atoms with E-state index in [0.717, 1.165) is 18.4 Å². The molecule has 1 aromatic rings. The summed E-state index contributed by atoms with van der Waals surface area (Å²) in [5, 5.41) is 0. The number of aryl methyl sites for hydroxylation is 1. The zero-order valence-corrected chi connectivity index (χ0v) is 10.9. The summed E-state index contributed by atoms with van der Waals surface area (Å²) >= 11 is 0. The summed E-state index contributed by atoms with van der Waals surface area (Å²) in [5.41, 5.74) is 8.23. The highest BCUT2D eigenvalue weighted by molar-refractivity contribution is 7.84. The van der Waals surface area contributed by atoms with Gasteiger partial charge in [-0.05, 0) is 18.9 Å². The fraction of sp³-hybridized carbons (Fsp3) is 0.538. The first-order chi connectivity index (χ1) is 7.61. The molecule has 0 saturated heterocycles. The van der Waals surface area contributed by atoms with Gasteiger partial charge in [-0.25, -0.2) is 0 Å².